The molecule has 8 heteroatoms. The molecule has 3 aromatic rings. The SMILES string of the molecule is Cc1cccc(OCC(=O)NNC(=O)c2c(C)nn(-c3ccc(F)cc3)c2C)c1. The lowest BCUT2D eigenvalue weighted by atomic mass is 10.2. The number of carbonyl (C=O) groups is 2. The number of aromatic nitrogens is 2. The maximum atomic E-state index is 13.1. The van der Waals surface area contributed by atoms with Crippen LogP contribution in [0.5, 0.6) is 5.75 Å². The molecule has 0 bridgehead atoms. The van der Waals surface area contributed by atoms with E-state index in [0.717, 1.165) is 5.56 Å². The van der Waals surface area contributed by atoms with Crippen LogP contribution in [0.1, 0.15) is 27.3 Å². The van der Waals surface area contributed by atoms with Crippen molar-refractivity contribution in [3.05, 3.63) is 76.9 Å². The smallest absolute Gasteiger partial charge is 0.276 e. The first kappa shape index (κ1) is 20.1. The van der Waals surface area contributed by atoms with Crippen LogP contribution in [0.2, 0.25) is 0 Å². The lowest BCUT2D eigenvalue weighted by molar-refractivity contribution is -0.123. The summed E-state index contributed by atoms with van der Waals surface area (Å²) in [4.78, 5) is 24.5. The number of hydrogen-bond acceptors (Lipinski definition) is 4. The molecule has 1 aromatic heterocycles. The second-order valence-corrected chi connectivity index (χ2v) is 6.54. The molecule has 0 saturated heterocycles. The van der Waals surface area contributed by atoms with Gasteiger partial charge in [-0.2, -0.15) is 5.10 Å². The maximum Gasteiger partial charge on any atom is 0.276 e. The van der Waals surface area contributed by atoms with Crippen LogP contribution in [0.3, 0.4) is 0 Å². The third kappa shape index (κ3) is 4.78. The van der Waals surface area contributed by atoms with Crippen LogP contribution in [0.15, 0.2) is 48.5 Å². The van der Waals surface area contributed by atoms with Gasteiger partial charge in [0.1, 0.15) is 11.6 Å². The summed E-state index contributed by atoms with van der Waals surface area (Å²) in [6, 6.07) is 13.1. The van der Waals surface area contributed by atoms with Crippen molar-refractivity contribution in [2.24, 2.45) is 0 Å². The summed E-state index contributed by atoms with van der Waals surface area (Å²) in [6.45, 7) is 5.09. The van der Waals surface area contributed by atoms with Crippen LogP contribution in [0.4, 0.5) is 4.39 Å². The lowest BCUT2D eigenvalue weighted by Crippen LogP contribution is -2.44. The number of ether oxygens (including phenoxy) is 1. The summed E-state index contributed by atoms with van der Waals surface area (Å²) < 4.78 is 20.1. The van der Waals surface area contributed by atoms with Gasteiger partial charge < -0.3 is 4.74 Å². The van der Waals surface area contributed by atoms with Crippen LogP contribution in [-0.2, 0) is 4.79 Å². The van der Waals surface area contributed by atoms with Crippen LogP contribution in [-0.4, -0.2) is 28.2 Å². The number of hydrazine groups is 1. The monoisotopic (exact) mass is 396 g/mol. The van der Waals surface area contributed by atoms with Gasteiger partial charge in [-0.3, -0.25) is 20.4 Å². The minimum Gasteiger partial charge on any atom is -0.484 e. The van der Waals surface area contributed by atoms with E-state index in [1.165, 1.54) is 12.1 Å². The number of benzene rings is 2. The fraction of sp³-hybridized carbons (Fsp3) is 0.190. The molecule has 2 amide bonds. The van der Waals surface area contributed by atoms with E-state index in [1.807, 2.05) is 25.1 Å². The second-order valence-electron chi connectivity index (χ2n) is 6.54. The molecule has 0 aliphatic rings. The maximum absolute atomic E-state index is 13.1. The highest BCUT2D eigenvalue weighted by Crippen LogP contribution is 2.18. The fourth-order valence-electron chi connectivity index (χ4n) is 2.88. The van der Waals surface area contributed by atoms with Crippen LogP contribution in [0.25, 0.3) is 5.69 Å². The third-order valence-electron chi connectivity index (χ3n) is 4.26. The van der Waals surface area contributed by atoms with Crippen LogP contribution < -0.4 is 15.6 Å². The molecule has 0 unspecified atom stereocenters. The van der Waals surface area contributed by atoms with E-state index in [9.17, 15) is 14.0 Å². The van der Waals surface area contributed by atoms with Gasteiger partial charge in [0.2, 0.25) is 0 Å². The molecular formula is C21H21FN4O3. The molecule has 2 N–H and O–H groups in total. The Labute approximate surface area is 167 Å². The van der Waals surface area contributed by atoms with E-state index in [1.54, 1.807) is 36.7 Å². The van der Waals surface area contributed by atoms with Gasteiger partial charge in [0.15, 0.2) is 6.61 Å². The molecule has 1 heterocycles. The molecule has 150 valence electrons. The van der Waals surface area contributed by atoms with Crippen molar-refractivity contribution in [3.8, 4) is 11.4 Å². The Morgan fingerprint density at radius 2 is 1.79 bits per heavy atom. The van der Waals surface area contributed by atoms with Crippen molar-refractivity contribution < 1.29 is 18.7 Å². The highest BCUT2D eigenvalue weighted by molar-refractivity contribution is 5.97. The molecule has 3 rings (SSSR count). The minimum absolute atomic E-state index is 0.240. The quantitative estimate of drug-likeness (QED) is 0.650. The third-order valence-corrected chi connectivity index (χ3v) is 4.26. The summed E-state index contributed by atoms with van der Waals surface area (Å²) in [5.41, 5.74) is 7.71. The number of hydrogen-bond donors (Lipinski definition) is 2. The highest BCUT2D eigenvalue weighted by atomic mass is 19.1. The van der Waals surface area contributed by atoms with Crippen molar-refractivity contribution in [1.82, 2.24) is 20.6 Å². The Morgan fingerprint density at radius 1 is 1.07 bits per heavy atom. The predicted molar refractivity (Wildman–Crippen MR) is 105 cm³/mol. The Hall–Kier alpha value is -3.68. The first-order valence-corrected chi connectivity index (χ1v) is 8.96. The second kappa shape index (κ2) is 8.55. The van der Waals surface area contributed by atoms with Crippen LogP contribution >= 0.6 is 0 Å². The van der Waals surface area contributed by atoms with Gasteiger partial charge in [0.05, 0.1) is 22.6 Å². The number of aryl methyl sites for hydroxylation is 2. The standard InChI is InChI=1S/C21H21FN4O3/c1-13-5-4-6-18(11-13)29-12-19(27)23-24-21(28)20-14(2)25-26(15(20)3)17-9-7-16(22)8-10-17/h4-11H,12H2,1-3H3,(H,23,27)(H,24,28). The van der Waals surface area contributed by atoms with Crippen molar-refractivity contribution in [2.45, 2.75) is 20.8 Å². The summed E-state index contributed by atoms with van der Waals surface area (Å²) in [5.74, 6) is -0.791. The van der Waals surface area contributed by atoms with Gasteiger partial charge in [0, 0.05) is 0 Å². The van der Waals surface area contributed by atoms with E-state index in [0.29, 0.717) is 28.4 Å². The van der Waals surface area contributed by atoms with Crippen molar-refractivity contribution in [2.75, 3.05) is 6.61 Å². The first-order valence-electron chi connectivity index (χ1n) is 8.96. The molecule has 7 nitrogen and oxygen atoms in total. The van der Waals surface area contributed by atoms with E-state index in [4.69, 9.17) is 4.74 Å². The average Bonchev–Trinajstić information content (AvgIpc) is 2.99. The summed E-state index contributed by atoms with van der Waals surface area (Å²) in [6.07, 6.45) is 0. The first-order chi connectivity index (χ1) is 13.8. The Bertz CT molecular complexity index is 1040. The summed E-state index contributed by atoms with van der Waals surface area (Å²) in [7, 11) is 0. The van der Waals surface area contributed by atoms with E-state index < -0.39 is 11.8 Å². The van der Waals surface area contributed by atoms with E-state index in [2.05, 4.69) is 16.0 Å². The van der Waals surface area contributed by atoms with Crippen LogP contribution in [0, 0.1) is 26.6 Å². The Balaban J connectivity index is 1.62. The van der Waals surface area contributed by atoms with Gasteiger partial charge in [-0.05, 0) is 62.7 Å². The molecule has 0 spiro atoms. The largest absolute Gasteiger partial charge is 0.484 e. The molecule has 0 fully saturated rings. The molecule has 0 aliphatic heterocycles. The van der Waals surface area contributed by atoms with Gasteiger partial charge in [-0.25, -0.2) is 9.07 Å². The Morgan fingerprint density at radius 3 is 2.48 bits per heavy atom. The average molecular weight is 396 g/mol. The van der Waals surface area contributed by atoms with E-state index in [-0.39, 0.29) is 12.4 Å². The number of amides is 2. The molecule has 0 aliphatic carbocycles. The molecule has 29 heavy (non-hydrogen) atoms. The number of carbonyl (C=O) groups excluding carboxylic acids is 2. The summed E-state index contributed by atoms with van der Waals surface area (Å²) >= 11 is 0. The molecule has 0 saturated carbocycles. The van der Waals surface area contributed by atoms with Gasteiger partial charge in [-0.1, -0.05) is 12.1 Å². The minimum atomic E-state index is -0.503. The topological polar surface area (TPSA) is 85.2 Å². The normalized spacial score (nSPS) is 10.5. The van der Waals surface area contributed by atoms with Gasteiger partial charge in [-0.15, -0.1) is 0 Å². The summed E-state index contributed by atoms with van der Waals surface area (Å²) in [5, 5.41) is 4.34. The predicted octanol–water partition coefficient (Wildman–Crippen LogP) is 2.78. The van der Waals surface area contributed by atoms with Gasteiger partial charge in [0.25, 0.3) is 11.8 Å². The molecule has 0 radical (unpaired) electrons. The zero-order valence-electron chi connectivity index (χ0n) is 16.3. The number of halogens is 1. The number of rotatable bonds is 5. The molecular weight excluding hydrogens is 375 g/mol. The van der Waals surface area contributed by atoms with Gasteiger partial charge >= 0.3 is 0 Å². The molecule has 0 atom stereocenters. The zero-order valence-corrected chi connectivity index (χ0v) is 16.3. The Kier molecular flexibility index (Phi) is 5.92. The van der Waals surface area contributed by atoms with Crippen molar-refractivity contribution >= 4 is 11.8 Å². The zero-order chi connectivity index (χ0) is 21.0. The molecule has 2 aromatic carbocycles. The van der Waals surface area contributed by atoms with Crippen molar-refractivity contribution in [1.29, 1.82) is 0 Å². The van der Waals surface area contributed by atoms with E-state index >= 15 is 0 Å². The number of nitrogens with one attached hydrogen (secondary N) is 2. The lowest BCUT2D eigenvalue weighted by Gasteiger charge is -2.10. The van der Waals surface area contributed by atoms with Crippen molar-refractivity contribution in [3.63, 3.8) is 0 Å². The fourth-order valence-corrected chi connectivity index (χ4v) is 2.88. The number of nitrogens with zero attached hydrogens (tertiary/aromatic N) is 2. The highest BCUT2D eigenvalue weighted by Gasteiger charge is 2.20.